The first-order chi connectivity index (χ1) is 23.4. The Balaban J connectivity index is 0.00000239. The van der Waals surface area contributed by atoms with Crippen molar-refractivity contribution < 1.29 is 19.4 Å². The Morgan fingerprint density at radius 1 is 0.860 bits per heavy atom. The second-order valence-electron chi connectivity index (χ2n) is 20.1. The predicted molar refractivity (Wildman–Crippen MR) is 205 cm³/mol. The number of hydrogen-bond acceptors (Lipinski definition) is 5. The summed E-state index contributed by atoms with van der Waals surface area (Å²) in [6, 6.07) is 0. The van der Waals surface area contributed by atoms with Crippen LogP contribution in [0, 0.1) is 62.1 Å². The third kappa shape index (κ3) is 6.77. The highest BCUT2D eigenvalue weighted by molar-refractivity contribution is 5.73. The zero-order valence-corrected chi connectivity index (χ0v) is 34.0. The lowest BCUT2D eigenvalue weighted by atomic mass is 9.32. The number of carboxylic acids is 1. The summed E-state index contributed by atoms with van der Waals surface area (Å²) in [6.07, 6.45) is 14.1. The number of carbonyl (C=O) groups is 2. The minimum Gasteiger partial charge on any atom is -0.481 e. The molecule has 5 saturated carbocycles. The normalized spacial score (nSPS) is 42.4. The van der Waals surface area contributed by atoms with Crippen LogP contribution in [-0.2, 0) is 14.3 Å². The molecule has 1 aliphatic heterocycles. The fourth-order valence-corrected chi connectivity index (χ4v) is 14.3. The molecule has 0 aromatic carbocycles. The molecule has 4 unspecified atom stereocenters. The molecule has 0 spiro atoms. The van der Waals surface area contributed by atoms with E-state index in [0.717, 1.165) is 37.8 Å². The Morgan fingerprint density at radius 2 is 1.54 bits per heavy atom. The highest BCUT2D eigenvalue weighted by Gasteiger charge is 2.71. The number of piperazine rings is 1. The van der Waals surface area contributed by atoms with Gasteiger partial charge in [-0.05, 0) is 141 Å². The maximum atomic E-state index is 13.2. The van der Waals surface area contributed by atoms with Gasteiger partial charge in [-0.1, -0.05) is 74.5 Å². The molecule has 6 heteroatoms. The molecule has 2 N–H and O–H groups in total. The summed E-state index contributed by atoms with van der Waals surface area (Å²) < 4.78 is 6.30. The first kappa shape index (κ1) is 39.8. The van der Waals surface area contributed by atoms with Crippen molar-refractivity contribution in [2.75, 3.05) is 32.7 Å². The van der Waals surface area contributed by atoms with Crippen LogP contribution in [0.25, 0.3) is 0 Å². The smallest absolute Gasteiger partial charge is 0.306 e. The van der Waals surface area contributed by atoms with Crippen molar-refractivity contribution in [1.29, 1.82) is 0 Å². The van der Waals surface area contributed by atoms with Crippen molar-refractivity contribution >= 4 is 11.9 Å². The Kier molecular flexibility index (Phi) is 11.5. The molecular formula is C44H76N2O4. The molecular weight excluding hydrogens is 620 g/mol. The average Bonchev–Trinajstić information content (AvgIpc) is 3.43. The van der Waals surface area contributed by atoms with E-state index in [1.807, 2.05) is 27.7 Å². The number of allylic oxidation sites excluding steroid dienone is 1. The molecule has 5 aliphatic carbocycles. The number of carboxylic acid groups (broad SMARTS) is 1. The summed E-state index contributed by atoms with van der Waals surface area (Å²) in [5.74, 6) is 2.33. The lowest BCUT2D eigenvalue weighted by Crippen LogP contribution is -2.66. The average molecular weight is 697 g/mol. The van der Waals surface area contributed by atoms with E-state index >= 15 is 0 Å². The van der Waals surface area contributed by atoms with Gasteiger partial charge in [-0.15, -0.1) is 0 Å². The van der Waals surface area contributed by atoms with Crippen LogP contribution in [0.5, 0.6) is 0 Å². The second kappa shape index (κ2) is 14.4. The van der Waals surface area contributed by atoms with Crippen LogP contribution in [0.4, 0.5) is 0 Å². The summed E-state index contributed by atoms with van der Waals surface area (Å²) in [7, 11) is 0. The number of ether oxygens (including phenoxy) is 1. The number of rotatable bonds is 9. The lowest BCUT2D eigenvalue weighted by molar-refractivity contribution is -0.250. The standard InChI is InChI=1S/C42H70N2O4.C2H6/c1-28(2)29-12-17-42(20-23-44-24-21-43-22-25-44)19-18-40(8)30(36(29)42)10-11-32-39(7)15-14-33(38(5,6)31(39)13-16-41(32,40)9)48-35(47)27-37(3,4)26-34(45)46;1-2/h29-33,36,43H,1,10-27H2,2-9H3,(H,45,46);1-2H3/t29-,30+,31?,32?,33?,36?,39-,40+,41+,42+;/m0./s1. The Labute approximate surface area is 306 Å². The molecule has 6 nitrogen and oxygen atoms in total. The van der Waals surface area contributed by atoms with Crippen molar-refractivity contribution in [3.05, 3.63) is 12.2 Å². The van der Waals surface area contributed by atoms with Crippen molar-refractivity contribution in [1.82, 2.24) is 10.2 Å². The number of esters is 1. The van der Waals surface area contributed by atoms with Crippen LogP contribution in [0.15, 0.2) is 12.2 Å². The molecule has 6 aliphatic rings. The van der Waals surface area contributed by atoms with Gasteiger partial charge in [0.2, 0.25) is 0 Å². The first-order valence-electron chi connectivity index (χ1n) is 20.9. The number of hydrogen-bond donors (Lipinski definition) is 2. The summed E-state index contributed by atoms with van der Waals surface area (Å²) in [6.45, 7) is 33.5. The molecule has 0 bridgehead atoms. The van der Waals surface area contributed by atoms with Crippen LogP contribution < -0.4 is 5.32 Å². The molecule has 1 heterocycles. The third-order valence-electron chi connectivity index (χ3n) is 16.8. The van der Waals surface area contributed by atoms with Gasteiger partial charge in [-0.25, -0.2) is 0 Å². The molecule has 286 valence electrons. The van der Waals surface area contributed by atoms with E-state index in [4.69, 9.17) is 4.74 Å². The molecule has 10 atom stereocenters. The summed E-state index contributed by atoms with van der Waals surface area (Å²) in [4.78, 5) is 27.3. The Morgan fingerprint density at radius 3 is 2.18 bits per heavy atom. The van der Waals surface area contributed by atoms with Gasteiger partial charge in [0.05, 0.1) is 12.8 Å². The zero-order valence-electron chi connectivity index (χ0n) is 34.0. The van der Waals surface area contributed by atoms with E-state index in [-0.39, 0.29) is 35.7 Å². The minimum atomic E-state index is -0.864. The van der Waals surface area contributed by atoms with Crippen LogP contribution in [0.2, 0.25) is 0 Å². The first-order valence-corrected chi connectivity index (χ1v) is 20.9. The van der Waals surface area contributed by atoms with Gasteiger partial charge in [0.15, 0.2) is 0 Å². The SMILES string of the molecule is C=C(C)[C@@H]1CC[C@]2(CCN3CCNCC3)CC[C@]3(C)[C@H](CCC4[C@@]5(C)CCC(OC(=O)CC(C)(C)CC(=O)O)C(C)(C)C5CC[C@]43C)C12.CC. The monoisotopic (exact) mass is 697 g/mol. The second-order valence-corrected chi connectivity index (χ2v) is 20.1. The fourth-order valence-electron chi connectivity index (χ4n) is 14.3. The Bertz CT molecular complexity index is 1250. The molecule has 0 aromatic heterocycles. The number of aliphatic carboxylic acids is 1. The largest absolute Gasteiger partial charge is 0.481 e. The summed E-state index contributed by atoms with van der Waals surface area (Å²) in [5, 5.41) is 12.9. The minimum absolute atomic E-state index is 0.0257. The van der Waals surface area contributed by atoms with Gasteiger partial charge in [-0.3, -0.25) is 9.59 Å². The van der Waals surface area contributed by atoms with Crippen LogP contribution in [-0.4, -0.2) is 60.8 Å². The highest BCUT2D eigenvalue weighted by atomic mass is 16.5. The fraction of sp³-hybridized carbons (Fsp3) is 0.909. The van der Waals surface area contributed by atoms with Gasteiger partial charge in [0.25, 0.3) is 0 Å². The molecule has 0 amide bonds. The maximum absolute atomic E-state index is 13.2. The third-order valence-corrected chi connectivity index (χ3v) is 16.8. The maximum Gasteiger partial charge on any atom is 0.306 e. The number of carbonyl (C=O) groups excluding carboxylic acids is 1. The van der Waals surface area contributed by atoms with Gasteiger partial charge < -0.3 is 20.1 Å². The highest BCUT2D eigenvalue weighted by Crippen LogP contribution is 2.78. The summed E-state index contributed by atoms with van der Waals surface area (Å²) in [5.41, 5.74) is 2.09. The molecule has 0 radical (unpaired) electrons. The van der Waals surface area contributed by atoms with E-state index in [1.54, 1.807) is 0 Å². The zero-order chi connectivity index (χ0) is 36.9. The van der Waals surface area contributed by atoms with Gasteiger partial charge >= 0.3 is 11.9 Å². The quantitative estimate of drug-likeness (QED) is 0.185. The van der Waals surface area contributed by atoms with E-state index in [2.05, 4.69) is 58.3 Å². The van der Waals surface area contributed by atoms with Crippen molar-refractivity contribution in [2.24, 2.45) is 62.1 Å². The summed E-state index contributed by atoms with van der Waals surface area (Å²) >= 11 is 0. The van der Waals surface area contributed by atoms with Crippen LogP contribution in [0.3, 0.4) is 0 Å². The van der Waals surface area contributed by atoms with Crippen molar-refractivity contribution in [3.8, 4) is 0 Å². The molecule has 6 rings (SSSR count). The molecule has 0 aromatic rings. The van der Waals surface area contributed by atoms with Crippen LogP contribution in [0.1, 0.15) is 153 Å². The predicted octanol–water partition coefficient (Wildman–Crippen LogP) is 9.77. The number of nitrogens with one attached hydrogen (secondary N) is 1. The molecule has 6 fully saturated rings. The van der Waals surface area contributed by atoms with Crippen LogP contribution >= 0.6 is 0 Å². The van der Waals surface area contributed by atoms with E-state index < -0.39 is 11.4 Å². The number of nitrogens with zero attached hydrogens (tertiary/aromatic N) is 1. The van der Waals surface area contributed by atoms with Crippen molar-refractivity contribution in [2.45, 2.75) is 159 Å². The van der Waals surface area contributed by atoms with Gasteiger partial charge in [-0.2, -0.15) is 0 Å². The Hall–Kier alpha value is -1.40. The lowest BCUT2D eigenvalue weighted by Gasteiger charge is -2.73. The molecule has 50 heavy (non-hydrogen) atoms. The van der Waals surface area contributed by atoms with Gasteiger partial charge in [0.1, 0.15) is 6.10 Å². The van der Waals surface area contributed by atoms with Gasteiger partial charge in [0, 0.05) is 31.6 Å². The number of fused-ring (bicyclic) bond motifs is 7. The van der Waals surface area contributed by atoms with E-state index in [9.17, 15) is 14.7 Å². The van der Waals surface area contributed by atoms with E-state index in [1.165, 1.54) is 83.0 Å². The van der Waals surface area contributed by atoms with Crippen molar-refractivity contribution in [3.63, 3.8) is 0 Å². The van der Waals surface area contributed by atoms with E-state index in [0.29, 0.717) is 34.0 Å². The molecule has 1 saturated heterocycles. The topological polar surface area (TPSA) is 78.9 Å².